The summed E-state index contributed by atoms with van der Waals surface area (Å²) in [6.45, 7) is 7.90. The predicted octanol–water partition coefficient (Wildman–Crippen LogP) is 2.03. The van der Waals surface area contributed by atoms with Gasteiger partial charge in [0.25, 0.3) is 0 Å². The van der Waals surface area contributed by atoms with Crippen molar-refractivity contribution in [1.29, 1.82) is 0 Å². The van der Waals surface area contributed by atoms with E-state index in [2.05, 4.69) is 26.1 Å². The topological polar surface area (TPSA) is 58.3 Å². The molecule has 0 aliphatic heterocycles. The minimum Gasteiger partial charge on any atom is -0.396 e. The third kappa shape index (κ3) is 4.57. The van der Waals surface area contributed by atoms with Crippen LogP contribution in [-0.2, 0) is 0 Å². The molecular formula is C14H30N2O. The lowest BCUT2D eigenvalue weighted by Crippen LogP contribution is -2.58. The lowest BCUT2D eigenvalue weighted by Gasteiger charge is -2.46. The maximum absolute atomic E-state index is 8.87. The second-order valence-electron chi connectivity index (χ2n) is 6.59. The van der Waals surface area contributed by atoms with Crippen molar-refractivity contribution in [3.8, 4) is 0 Å². The second-order valence-corrected chi connectivity index (χ2v) is 6.59. The minimum absolute atomic E-state index is 0.122. The molecule has 1 saturated carbocycles. The lowest BCUT2D eigenvalue weighted by molar-refractivity contribution is 0.112. The summed E-state index contributed by atoms with van der Waals surface area (Å²) in [4.78, 5) is 0. The number of aliphatic hydroxyl groups is 1. The Labute approximate surface area is 106 Å². The number of aliphatic hydroxyl groups excluding tert-OH is 1. The molecule has 0 aromatic rings. The number of hydrogen-bond acceptors (Lipinski definition) is 3. The van der Waals surface area contributed by atoms with E-state index >= 15 is 0 Å². The SMILES string of the molecule is CC(CCCO)NC1(CN)CCCC(C)(C)C1. The van der Waals surface area contributed by atoms with Crippen molar-refractivity contribution in [2.24, 2.45) is 11.1 Å². The highest BCUT2D eigenvalue weighted by molar-refractivity contribution is 4.98. The zero-order chi connectivity index (χ0) is 12.9. The lowest BCUT2D eigenvalue weighted by atomic mass is 9.68. The van der Waals surface area contributed by atoms with Crippen molar-refractivity contribution in [3.05, 3.63) is 0 Å². The molecule has 0 heterocycles. The van der Waals surface area contributed by atoms with Crippen LogP contribution in [0.4, 0.5) is 0 Å². The first-order valence-electron chi connectivity index (χ1n) is 7.02. The summed E-state index contributed by atoms with van der Waals surface area (Å²) in [6, 6.07) is 0.444. The van der Waals surface area contributed by atoms with Crippen LogP contribution >= 0.6 is 0 Å². The van der Waals surface area contributed by atoms with Crippen LogP contribution in [0.2, 0.25) is 0 Å². The number of rotatable bonds is 6. The highest BCUT2D eigenvalue weighted by Gasteiger charge is 2.39. The van der Waals surface area contributed by atoms with E-state index < -0.39 is 0 Å². The van der Waals surface area contributed by atoms with E-state index in [1.807, 2.05) is 0 Å². The largest absolute Gasteiger partial charge is 0.396 e. The van der Waals surface area contributed by atoms with Crippen LogP contribution < -0.4 is 11.1 Å². The van der Waals surface area contributed by atoms with Crippen LogP contribution in [0.25, 0.3) is 0 Å². The molecule has 1 rings (SSSR count). The van der Waals surface area contributed by atoms with E-state index in [0.29, 0.717) is 11.5 Å². The summed E-state index contributed by atoms with van der Waals surface area (Å²) in [5, 5.41) is 12.6. The van der Waals surface area contributed by atoms with Gasteiger partial charge in [0.15, 0.2) is 0 Å². The molecule has 102 valence electrons. The van der Waals surface area contributed by atoms with Crippen LogP contribution in [0.1, 0.15) is 59.3 Å². The number of nitrogens with one attached hydrogen (secondary N) is 1. The summed E-state index contributed by atoms with van der Waals surface area (Å²) < 4.78 is 0. The van der Waals surface area contributed by atoms with Gasteiger partial charge in [-0.2, -0.15) is 0 Å². The fraction of sp³-hybridized carbons (Fsp3) is 1.00. The Kier molecular flexibility index (Phi) is 5.42. The van der Waals surface area contributed by atoms with E-state index in [1.165, 1.54) is 25.7 Å². The molecule has 3 heteroatoms. The van der Waals surface area contributed by atoms with Crippen molar-refractivity contribution < 1.29 is 5.11 Å². The van der Waals surface area contributed by atoms with Gasteiger partial charge >= 0.3 is 0 Å². The monoisotopic (exact) mass is 242 g/mol. The summed E-state index contributed by atoms with van der Waals surface area (Å²) in [5.41, 5.74) is 6.55. The van der Waals surface area contributed by atoms with Gasteiger partial charge in [-0.25, -0.2) is 0 Å². The molecule has 0 bridgehead atoms. The van der Waals surface area contributed by atoms with Gasteiger partial charge in [0, 0.05) is 24.7 Å². The minimum atomic E-state index is 0.122. The molecule has 1 aliphatic carbocycles. The molecule has 0 spiro atoms. The standard InChI is InChI=1S/C14H30N2O/c1-12(6-4-9-17)16-14(11-15)8-5-7-13(2,3)10-14/h12,16-17H,4-11,15H2,1-3H3. The van der Waals surface area contributed by atoms with Gasteiger partial charge in [-0.05, 0) is 44.4 Å². The maximum atomic E-state index is 8.87. The summed E-state index contributed by atoms with van der Waals surface area (Å²) >= 11 is 0. The molecular weight excluding hydrogens is 212 g/mol. The Morgan fingerprint density at radius 2 is 2.06 bits per heavy atom. The van der Waals surface area contributed by atoms with Crippen LogP contribution in [0.5, 0.6) is 0 Å². The quantitative estimate of drug-likeness (QED) is 0.668. The van der Waals surface area contributed by atoms with E-state index in [0.717, 1.165) is 19.4 Å². The van der Waals surface area contributed by atoms with Crippen LogP contribution in [0.15, 0.2) is 0 Å². The van der Waals surface area contributed by atoms with E-state index in [1.54, 1.807) is 0 Å². The van der Waals surface area contributed by atoms with Gasteiger partial charge in [-0.15, -0.1) is 0 Å². The second kappa shape index (κ2) is 6.17. The smallest absolute Gasteiger partial charge is 0.0431 e. The molecule has 0 saturated heterocycles. The van der Waals surface area contributed by atoms with Gasteiger partial charge in [0.05, 0.1) is 0 Å². The number of hydrogen-bond donors (Lipinski definition) is 3. The fourth-order valence-electron chi connectivity index (χ4n) is 3.35. The third-order valence-corrected chi connectivity index (χ3v) is 4.06. The average molecular weight is 242 g/mol. The normalized spacial score (nSPS) is 30.2. The van der Waals surface area contributed by atoms with Crippen molar-refractivity contribution in [2.45, 2.75) is 70.9 Å². The van der Waals surface area contributed by atoms with Gasteiger partial charge in [-0.3, -0.25) is 0 Å². The van der Waals surface area contributed by atoms with Crippen molar-refractivity contribution in [3.63, 3.8) is 0 Å². The Bertz CT molecular complexity index is 230. The molecule has 4 N–H and O–H groups in total. The van der Waals surface area contributed by atoms with Crippen LogP contribution in [0, 0.1) is 5.41 Å². The fourth-order valence-corrected chi connectivity index (χ4v) is 3.35. The van der Waals surface area contributed by atoms with E-state index in [4.69, 9.17) is 10.8 Å². The van der Waals surface area contributed by atoms with Crippen molar-refractivity contribution in [2.75, 3.05) is 13.2 Å². The maximum Gasteiger partial charge on any atom is 0.0431 e. The van der Waals surface area contributed by atoms with Crippen molar-refractivity contribution >= 4 is 0 Å². The summed E-state index contributed by atoms with van der Waals surface area (Å²) in [7, 11) is 0. The van der Waals surface area contributed by atoms with Gasteiger partial charge in [0.1, 0.15) is 0 Å². The predicted molar refractivity (Wildman–Crippen MR) is 73.0 cm³/mol. The van der Waals surface area contributed by atoms with Gasteiger partial charge in [-0.1, -0.05) is 20.3 Å². The molecule has 3 nitrogen and oxygen atoms in total. The van der Waals surface area contributed by atoms with E-state index in [9.17, 15) is 0 Å². The summed E-state index contributed by atoms with van der Waals surface area (Å²) in [5.74, 6) is 0. The highest BCUT2D eigenvalue weighted by Crippen LogP contribution is 2.40. The molecule has 0 radical (unpaired) electrons. The Balaban J connectivity index is 2.56. The first kappa shape index (κ1) is 14.9. The van der Waals surface area contributed by atoms with E-state index in [-0.39, 0.29) is 12.1 Å². The first-order valence-corrected chi connectivity index (χ1v) is 7.02. The molecule has 17 heavy (non-hydrogen) atoms. The molecule has 1 fully saturated rings. The third-order valence-electron chi connectivity index (χ3n) is 4.06. The van der Waals surface area contributed by atoms with Crippen LogP contribution in [-0.4, -0.2) is 29.8 Å². The van der Waals surface area contributed by atoms with Gasteiger partial charge in [0.2, 0.25) is 0 Å². The highest BCUT2D eigenvalue weighted by atomic mass is 16.2. The Hall–Kier alpha value is -0.120. The van der Waals surface area contributed by atoms with Gasteiger partial charge < -0.3 is 16.2 Å². The average Bonchev–Trinajstić information content (AvgIpc) is 2.25. The molecule has 2 unspecified atom stereocenters. The molecule has 0 amide bonds. The molecule has 0 aromatic carbocycles. The zero-order valence-corrected chi connectivity index (χ0v) is 11.8. The Morgan fingerprint density at radius 3 is 2.59 bits per heavy atom. The summed E-state index contributed by atoms with van der Waals surface area (Å²) in [6.07, 6.45) is 6.83. The number of nitrogens with two attached hydrogens (primary N) is 1. The first-order chi connectivity index (χ1) is 7.93. The molecule has 1 aliphatic rings. The Morgan fingerprint density at radius 1 is 1.35 bits per heavy atom. The molecule has 2 atom stereocenters. The van der Waals surface area contributed by atoms with Crippen LogP contribution in [0.3, 0.4) is 0 Å². The van der Waals surface area contributed by atoms with Crippen molar-refractivity contribution in [1.82, 2.24) is 5.32 Å². The zero-order valence-electron chi connectivity index (χ0n) is 11.8. The molecule has 0 aromatic heterocycles.